The van der Waals surface area contributed by atoms with E-state index in [1.807, 2.05) is 31.2 Å². The van der Waals surface area contributed by atoms with Crippen molar-refractivity contribution in [3.05, 3.63) is 41.5 Å². The number of nitrogens with zero attached hydrogens (tertiary/aromatic N) is 1. The first-order chi connectivity index (χ1) is 10.9. The Balaban J connectivity index is 2.04. The number of allylic oxidation sites excluding steroid dienone is 1. The van der Waals surface area contributed by atoms with Crippen LogP contribution in [0, 0.1) is 5.41 Å². The summed E-state index contributed by atoms with van der Waals surface area (Å²) in [7, 11) is 1.63. The van der Waals surface area contributed by atoms with Crippen molar-refractivity contribution >= 4 is 11.9 Å². The summed E-state index contributed by atoms with van der Waals surface area (Å²) in [6, 6.07) is 7.70. The molecular formula is C18H23NO4. The van der Waals surface area contributed by atoms with Crippen molar-refractivity contribution in [2.75, 3.05) is 20.2 Å². The van der Waals surface area contributed by atoms with Crippen LogP contribution in [-0.4, -0.2) is 42.1 Å². The Morgan fingerprint density at radius 2 is 2.09 bits per heavy atom. The lowest BCUT2D eigenvalue weighted by molar-refractivity contribution is -0.147. The lowest BCUT2D eigenvalue weighted by Gasteiger charge is -2.19. The molecule has 1 unspecified atom stereocenters. The first-order valence-electron chi connectivity index (χ1n) is 7.67. The van der Waals surface area contributed by atoms with Crippen LogP contribution >= 0.6 is 0 Å². The van der Waals surface area contributed by atoms with Gasteiger partial charge in [0.1, 0.15) is 5.75 Å². The van der Waals surface area contributed by atoms with Crippen LogP contribution in [0.1, 0.15) is 25.8 Å². The second-order valence-corrected chi connectivity index (χ2v) is 6.35. The van der Waals surface area contributed by atoms with Gasteiger partial charge in [-0.1, -0.05) is 23.8 Å². The fourth-order valence-electron chi connectivity index (χ4n) is 2.83. The van der Waals surface area contributed by atoms with Gasteiger partial charge in [-0.25, -0.2) is 0 Å². The molecule has 0 aliphatic carbocycles. The minimum atomic E-state index is -0.845. The molecule has 124 valence electrons. The van der Waals surface area contributed by atoms with Gasteiger partial charge in [-0.15, -0.1) is 0 Å². The number of benzene rings is 1. The third kappa shape index (κ3) is 3.92. The van der Waals surface area contributed by atoms with E-state index in [0.717, 1.165) is 16.9 Å². The van der Waals surface area contributed by atoms with E-state index in [2.05, 4.69) is 0 Å². The van der Waals surface area contributed by atoms with Crippen LogP contribution in [-0.2, 0) is 16.0 Å². The summed E-state index contributed by atoms with van der Waals surface area (Å²) in [5.74, 6) is -0.169. The largest absolute Gasteiger partial charge is 0.496 e. The van der Waals surface area contributed by atoms with Crippen molar-refractivity contribution in [2.24, 2.45) is 5.41 Å². The Bertz CT molecular complexity index is 638. The molecule has 1 fully saturated rings. The predicted molar refractivity (Wildman–Crippen MR) is 87.4 cm³/mol. The standard InChI is InChI=1S/C18H23NO4/c1-13(10-14-6-4-5-7-15(14)23-3)11-16(20)19-9-8-18(2,12-19)17(21)22/h4-7,11H,8-10,12H2,1-3H3,(H,21,22)/b13-11+. The molecule has 0 bridgehead atoms. The van der Waals surface area contributed by atoms with E-state index in [1.54, 1.807) is 25.0 Å². The molecule has 0 spiro atoms. The Morgan fingerprint density at radius 1 is 1.39 bits per heavy atom. The van der Waals surface area contributed by atoms with Gasteiger partial charge in [0.2, 0.25) is 5.91 Å². The van der Waals surface area contributed by atoms with Crippen LogP contribution in [0.3, 0.4) is 0 Å². The van der Waals surface area contributed by atoms with E-state index in [0.29, 0.717) is 19.4 Å². The highest BCUT2D eigenvalue weighted by Crippen LogP contribution is 2.30. The molecule has 1 aliphatic heterocycles. The highest BCUT2D eigenvalue weighted by atomic mass is 16.5. The molecule has 1 heterocycles. The van der Waals surface area contributed by atoms with Gasteiger partial charge in [0.15, 0.2) is 0 Å². The van der Waals surface area contributed by atoms with Crippen LogP contribution in [0.25, 0.3) is 0 Å². The number of hydrogen-bond acceptors (Lipinski definition) is 3. The van der Waals surface area contributed by atoms with E-state index >= 15 is 0 Å². The Labute approximate surface area is 136 Å². The number of para-hydroxylation sites is 1. The maximum Gasteiger partial charge on any atom is 0.311 e. The highest BCUT2D eigenvalue weighted by Gasteiger charge is 2.41. The van der Waals surface area contributed by atoms with Crippen molar-refractivity contribution < 1.29 is 19.4 Å². The maximum absolute atomic E-state index is 12.3. The molecule has 5 nitrogen and oxygen atoms in total. The molecule has 1 aromatic carbocycles. The van der Waals surface area contributed by atoms with Crippen LogP contribution in [0.5, 0.6) is 5.75 Å². The fourth-order valence-corrected chi connectivity index (χ4v) is 2.83. The third-order valence-corrected chi connectivity index (χ3v) is 4.33. The molecular weight excluding hydrogens is 294 g/mol. The minimum absolute atomic E-state index is 0.123. The average Bonchev–Trinajstić information content (AvgIpc) is 2.92. The zero-order valence-corrected chi connectivity index (χ0v) is 13.8. The number of amides is 1. The van der Waals surface area contributed by atoms with E-state index in [9.17, 15) is 14.7 Å². The number of rotatable bonds is 5. The van der Waals surface area contributed by atoms with E-state index in [-0.39, 0.29) is 12.5 Å². The van der Waals surface area contributed by atoms with Gasteiger partial charge in [-0.3, -0.25) is 9.59 Å². The maximum atomic E-state index is 12.3. The summed E-state index contributed by atoms with van der Waals surface area (Å²) in [6.07, 6.45) is 2.72. The first kappa shape index (κ1) is 17.1. The second kappa shape index (κ2) is 6.86. The summed E-state index contributed by atoms with van der Waals surface area (Å²) in [4.78, 5) is 25.2. The number of methoxy groups -OCH3 is 1. The number of carboxylic acid groups (broad SMARTS) is 1. The lowest BCUT2D eigenvalue weighted by Crippen LogP contribution is -2.34. The van der Waals surface area contributed by atoms with Gasteiger partial charge in [-0.2, -0.15) is 0 Å². The molecule has 1 aliphatic rings. The van der Waals surface area contributed by atoms with Gasteiger partial charge in [-0.05, 0) is 38.3 Å². The lowest BCUT2D eigenvalue weighted by atomic mass is 9.90. The zero-order chi connectivity index (χ0) is 17.0. The van der Waals surface area contributed by atoms with Crippen molar-refractivity contribution in [2.45, 2.75) is 26.7 Å². The van der Waals surface area contributed by atoms with Crippen molar-refractivity contribution in [3.8, 4) is 5.75 Å². The number of hydrogen-bond donors (Lipinski definition) is 1. The number of likely N-dealkylation sites (tertiary alicyclic amines) is 1. The SMILES string of the molecule is COc1ccccc1C/C(C)=C/C(=O)N1CCC(C)(C(=O)O)C1. The third-order valence-electron chi connectivity index (χ3n) is 4.33. The monoisotopic (exact) mass is 317 g/mol. The number of aliphatic carboxylic acids is 1. The van der Waals surface area contributed by atoms with Crippen LogP contribution in [0.2, 0.25) is 0 Å². The number of ether oxygens (including phenoxy) is 1. The first-order valence-corrected chi connectivity index (χ1v) is 7.67. The zero-order valence-electron chi connectivity index (χ0n) is 13.8. The molecule has 1 atom stereocenters. The van der Waals surface area contributed by atoms with Crippen molar-refractivity contribution in [1.29, 1.82) is 0 Å². The van der Waals surface area contributed by atoms with Gasteiger partial charge in [0, 0.05) is 19.2 Å². The topological polar surface area (TPSA) is 66.8 Å². The van der Waals surface area contributed by atoms with Gasteiger partial charge < -0.3 is 14.7 Å². The predicted octanol–water partition coefficient (Wildman–Crippen LogP) is 2.51. The van der Waals surface area contributed by atoms with Crippen molar-refractivity contribution in [3.63, 3.8) is 0 Å². The van der Waals surface area contributed by atoms with Crippen molar-refractivity contribution in [1.82, 2.24) is 4.90 Å². The fraction of sp³-hybridized carbons (Fsp3) is 0.444. The molecule has 1 saturated heterocycles. The molecule has 1 aromatic rings. The summed E-state index contributed by atoms with van der Waals surface area (Å²) in [6.45, 7) is 4.34. The number of carboxylic acids is 1. The Kier molecular flexibility index (Phi) is 5.08. The highest BCUT2D eigenvalue weighted by molar-refractivity contribution is 5.89. The second-order valence-electron chi connectivity index (χ2n) is 6.35. The summed E-state index contributed by atoms with van der Waals surface area (Å²) in [5, 5.41) is 9.24. The number of carbonyl (C=O) groups excluding carboxylic acids is 1. The molecule has 1 amide bonds. The van der Waals surface area contributed by atoms with Gasteiger partial charge in [0.05, 0.1) is 12.5 Å². The summed E-state index contributed by atoms with van der Waals surface area (Å²) >= 11 is 0. The molecule has 0 saturated carbocycles. The van der Waals surface area contributed by atoms with E-state index in [1.165, 1.54) is 0 Å². The van der Waals surface area contributed by atoms with Gasteiger partial charge >= 0.3 is 5.97 Å². The number of carbonyl (C=O) groups is 2. The summed E-state index contributed by atoms with van der Waals surface area (Å²) in [5.41, 5.74) is 1.11. The van der Waals surface area contributed by atoms with Crippen LogP contribution < -0.4 is 4.74 Å². The molecule has 23 heavy (non-hydrogen) atoms. The quantitative estimate of drug-likeness (QED) is 0.847. The van der Waals surface area contributed by atoms with E-state index < -0.39 is 11.4 Å². The average molecular weight is 317 g/mol. The Morgan fingerprint density at radius 3 is 2.70 bits per heavy atom. The molecule has 0 radical (unpaired) electrons. The molecule has 2 rings (SSSR count). The molecule has 5 heteroatoms. The molecule has 1 N–H and O–H groups in total. The van der Waals surface area contributed by atoms with E-state index in [4.69, 9.17) is 4.74 Å². The van der Waals surface area contributed by atoms with Crippen LogP contribution in [0.15, 0.2) is 35.9 Å². The Hall–Kier alpha value is -2.30. The normalized spacial score (nSPS) is 21.3. The summed E-state index contributed by atoms with van der Waals surface area (Å²) < 4.78 is 5.32. The van der Waals surface area contributed by atoms with Crippen LogP contribution in [0.4, 0.5) is 0 Å². The minimum Gasteiger partial charge on any atom is -0.496 e. The smallest absolute Gasteiger partial charge is 0.311 e. The molecule has 0 aromatic heterocycles. The van der Waals surface area contributed by atoms with Gasteiger partial charge in [0.25, 0.3) is 0 Å².